The van der Waals surface area contributed by atoms with Crippen molar-refractivity contribution in [1.29, 1.82) is 0 Å². The van der Waals surface area contributed by atoms with Gasteiger partial charge in [-0.1, -0.05) is 38.1 Å². The third kappa shape index (κ3) is 5.14. The van der Waals surface area contributed by atoms with Gasteiger partial charge in [0.15, 0.2) is 0 Å². The van der Waals surface area contributed by atoms with Crippen molar-refractivity contribution < 1.29 is 14.3 Å². The van der Waals surface area contributed by atoms with Gasteiger partial charge in [-0.15, -0.1) is 0 Å². The highest BCUT2D eigenvalue weighted by molar-refractivity contribution is 6.03. The zero-order chi connectivity index (χ0) is 24.4. The molecule has 34 heavy (non-hydrogen) atoms. The summed E-state index contributed by atoms with van der Waals surface area (Å²) in [6.07, 6.45) is 0.214. The monoisotopic (exact) mass is 456 g/mol. The minimum absolute atomic E-state index is 0.0169. The van der Waals surface area contributed by atoms with Crippen LogP contribution in [-0.2, 0) is 9.59 Å². The predicted molar refractivity (Wildman–Crippen MR) is 137 cm³/mol. The van der Waals surface area contributed by atoms with Crippen LogP contribution in [0.15, 0.2) is 60.7 Å². The average Bonchev–Trinajstić information content (AvgIpc) is 3.18. The van der Waals surface area contributed by atoms with E-state index in [1.165, 1.54) is 0 Å². The lowest BCUT2D eigenvalue weighted by Gasteiger charge is -2.19. The Bertz CT molecular complexity index is 1210. The Hall–Kier alpha value is -3.60. The molecule has 1 saturated heterocycles. The quantitative estimate of drug-likeness (QED) is 0.459. The second kappa shape index (κ2) is 9.72. The summed E-state index contributed by atoms with van der Waals surface area (Å²) >= 11 is 0. The Morgan fingerprint density at radius 1 is 0.971 bits per heavy atom. The summed E-state index contributed by atoms with van der Waals surface area (Å²) in [5, 5.41) is 2.96. The first kappa shape index (κ1) is 23.6. The lowest BCUT2D eigenvalue weighted by molar-refractivity contribution is -0.122. The van der Waals surface area contributed by atoms with Gasteiger partial charge in [0.2, 0.25) is 11.8 Å². The lowest BCUT2D eigenvalue weighted by Crippen LogP contribution is -2.28. The Balaban J connectivity index is 1.41. The standard InChI is InChI=1S/C29H32N2O3/c1-18(2)25-13-7-20(4)15-27(25)34-24-11-9-23(10-12-24)30-29(33)22-16-28(32)31(17-22)26-14-19(3)6-8-21(26)5/h6-15,18,22H,16-17H2,1-5H3,(H,30,33)/t22-/m1/s1. The maximum Gasteiger partial charge on any atom is 0.229 e. The number of rotatable bonds is 6. The van der Waals surface area contributed by atoms with Gasteiger partial charge in [0, 0.05) is 24.3 Å². The highest BCUT2D eigenvalue weighted by Crippen LogP contribution is 2.33. The van der Waals surface area contributed by atoms with Crippen LogP contribution in [0.1, 0.15) is 48.4 Å². The zero-order valence-corrected chi connectivity index (χ0v) is 20.5. The second-order valence-corrected chi connectivity index (χ2v) is 9.51. The fraction of sp³-hybridized carbons (Fsp3) is 0.310. The summed E-state index contributed by atoms with van der Waals surface area (Å²) in [5.41, 5.74) is 5.99. The molecule has 1 N–H and O–H groups in total. The highest BCUT2D eigenvalue weighted by atomic mass is 16.5. The Morgan fingerprint density at radius 2 is 1.65 bits per heavy atom. The number of aryl methyl sites for hydroxylation is 3. The second-order valence-electron chi connectivity index (χ2n) is 9.51. The minimum atomic E-state index is -0.385. The van der Waals surface area contributed by atoms with E-state index in [1.807, 2.05) is 69.3 Å². The van der Waals surface area contributed by atoms with Gasteiger partial charge in [0.25, 0.3) is 0 Å². The predicted octanol–water partition coefficient (Wildman–Crippen LogP) is 6.52. The van der Waals surface area contributed by atoms with Crippen LogP contribution < -0.4 is 15.0 Å². The summed E-state index contributed by atoms with van der Waals surface area (Å²) in [7, 11) is 0. The number of anilines is 2. The molecule has 0 spiro atoms. The van der Waals surface area contributed by atoms with E-state index in [1.54, 1.807) is 4.90 Å². The van der Waals surface area contributed by atoms with Crippen LogP contribution in [0, 0.1) is 26.7 Å². The van der Waals surface area contributed by atoms with Crippen molar-refractivity contribution in [2.24, 2.45) is 5.92 Å². The molecular weight excluding hydrogens is 424 g/mol. The van der Waals surface area contributed by atoms with Crippen LogP contribution in [-0.4, -0.2) is 18.4 Å². The molecule has 0 saturated carbocycles. The van der Waals surface area contributed by atoms with Crippen LogP contribution >= 0.6 is 0 Å². The van der Waals surface area contributed by atoms with Crippen molar-refractivity contribution in [1.82, 2.24) is 0 Å². The Labute approximate surface area is 201 Å². The lowest BCUT2D eigenvalue weighted by atomic mass is 10.0. The van der Waals surface area contributed by atoms with Gasteiger partial charge < -0.3 is 15.0 Å². The molecular formula is C29H32N2O3. The van der Waals surface area contributed by atoms with Crippen molar-refractivity contribution in [2.45, 2.75) is 47.0 Å². The molecule has 1 heterocycles. The van der Waals surface area contributed by atoms with Gasteiger partial charge in [-0.25, -0.2) is 0 Å². The normalized spacial score (nSPS) is 15.6. The van der Waals surface area contributed by atoms with E-state index in [-0.39, 0.29) is 24.2 Å². The summed E-state index contributed by atoms with van der Waals surface area (Å²) < 4.78 is 6.15. The van der Waals surface area contributed by atoms with Gasteiger partial charge >= 0.3 is 0 Å². The molecule has 0 aromatic heterocycles. The molecule has 3 aromatic rings. The smallest absolute Gasteiger partial charge is 0.229 e. The maximum absolute atomic E-state index is 12.9. The van der Waals surface area contributed by atoms with E-state index in [4.69, 9.17) is 4.74 Å². The van der Waals surface area contributed by atoms with Crippen LogP contribution in [0.4, 0.5) is 11.4 Å². The van der Waals surface area contributed by atoms with E-state index in [0.717, 1.165) is 33.7 Å². The van der Waals surface area contributed by atoms with E-state index in [2.05, 4.69) is 31.3 Å². The minimum Gasteiger partial charge on any atom is -0.457 e. The fourth-order valence-electron chi connectivity index (χ4n) is 4.31. The molecule has 0 unspecified atom stereocenters. The van der Waals surface area contributed by atoms with Crippen molar-refractivity contribution in [2.75, 3.05) is 16.8 Å². The van der Waals surface area contributed by atoms with Crippen LogP contribution in [0.2, 0.25) is 0 Å². The molecule has 0 radical (unpaired) electrons. The van der Waals surface area contributed by atoms with Gasteiger partial charge in [-0.2, -0.15) is 0 Å². The highest BCUT2D eigenvalue weighted by Gasteiger charge is 2.35. The first-order valence-corrected chi connectivity index (χ1v) is 11.8. The van der Waals surface area contributed by atoms with Crippen molar-refractivity contribution in [3.8, 4) is 11.5 Å². The molecule has 5 heteroatoms. The summed E-state index contributed by atoms with van der Waals surface area (Å²) in [4.78, 5) is 27.3. The molecule has 1 fully saturated rings. The van der Waals surface area contributed by atoms with Gasteiger partial charge in [0.05, 0.1) is 5.92 Å². The van der Waals surface area contributed by atoms with Crippen molar-refractivity contribution in [3.05, 3.63) is 82.9 Å². The number of ether oxygens (including phenoxy) is 1. The molecule has 0 aliphatic carbocycles. The Kier molecular flexibility index (Phi) is 6.73. The topological polar surface area (TPSA) is 58.6 Å². The maximum atomic E-state index is 12.9. The van der Waals surface area contributed by atoms with E-state index in [0.29, 0.717) is 23.9 Å². The molecule has 1 aliphatic heterocycles. The summed E-state index contributed by atoms with van der Waals surface area (Å²) in [6, 6.07) is 19.7. The van der Waals surface area contributed by atoms with Gasteiger partial charge in [-0.3, -0.25) is 9.59 Å². The third-order valence-electron chi connectivity index (χ3n) is 6.29. The van der Waals surface area contributed by atoms with Crippen LogP contribution in [0.5, 0.6) is 11.5 Å². The van der Waals surface area contributed by atoms with Crippen LogP contribution in [0.3, 0.4) is 0 Å². The number of nitrogens with zero attached hydrogens (tertiary/aromatic N) is 1. The van der Waals surface area contributed by atoms with E-state index in [9.17, 15) is 9.59 Å². The zero-order valence-electron chi connectivity index (χ0n) is 20.5. The van der Waals surface area contributed by atoms with E-state index >= 15 is 0 Å². The average molecular weight is 457 g/mol. The number of carbonyl (C=O) groups excluding carboxylic acids is 2. The molecule has 2 amide bonds. The third-order valence-corrected chi connectivity index (χ3v) is 6.29. The first-order valence-electron chi connectivity index (χ1n) is 11.8. The molecule has 0 bridgehead atoms. The van der Waals surface area contributed by atoms with Crippen molar-refractivity contribution in [3.63, 3.8) is 0 Å². The number of benzene rings is 3. The molecule has 176 valence electrons. The van der Waals surface area contributed by atoms with Crippen LogP contribution in [0.25, 0.3) is 0 Å². The van der Waals surface area contributed by atoms with Crippen molar-refractivity contribution >= 4 is 23.2 Å². The number of hydrogen-bond acceptors (Lipinski definition) is 3. The van der Waals surface area contributed by atoms with Gasteiger partial charge in [0.1, 0.15) is 11.5 Å². The summed E-state index contributed by atoms with van der Waals surface area (Å²) in [5.74, 6) is 1.37. The SMILES string of the molecule is Cc1ccc(C(C)C)c(Oc2ccc(NC(=O)[C@@H]3CC(=O)N(c4cc(C)ccc4C)C3)cc2)c1. The molecule has 3 aromatic carbocycles. The number of amides is 2. The summed E-state index contributed by atoms with van der Waals surface area (Å²) in [6.45, 7) is 10.7. The first-order chi connectivity index (χ1) is 16.2. The molecule has 4 rings (SSSR count). The fourth-order valence-corrected chi connectivity index (χ4v) is 4.31. The molecule has 5 nitrogen and oxygen atoms in total. The Morgan fingerprint density at radius 3 is 2.35 bits per heavy atom. The van der Waals surface area contributed by atoms with Gasteiger partial charge in [-0.05, 0) is 85.3 Å². The molecule has 1 atom stereocenters. The number of carbonyl (C=O) groups is 2. The molecule has 1 aliphatic rings. The number of hydrogen-bond donors (Lipinski definition) is 1. The van der Waals surface area contributed by atoms with E-state index < -0.39 is 0 Å². The largest absolute Gasteiger partial charge is 0.457 e. The number of nitrogens with one attached hydrogen (secondary N) is 1.